The number of pyridine rings is 2. The van der Waals surface area contributed by atoms with Crippen LogP contribution in [0.15, 0.2) is 228 Å². The van der Waals surface area contributed by atoms with E-state index in [0.29, 0.717) is 52.3 Å². The van der Waals surface area contributed by atoms with Gasteiger partial charge in [0.2, 0.25) is 0 Å². The molecule has 13 aromatic rings. The first kappa shape index (κ1) is 56.6. The Labute approximate surface area is 503 Å². The van der Waals surface area contributed by atoms with Crippen LogP contribution < -0.4 is 5.46 Å². The first-order valence-corrected chi connectivity index (χ1v) is 28.8. The minimum absolute atomic E-state index is 0.328. The number of fused-ring (bicyclic) bond motifs is 2. The minimum atomic E-state index is -0.355. The van der Waals surface area contributed by atoms with Crippen molar-refractivity contribution in [3.8, 4) is 90.6 Å². The standard InChI is InChI=1S/C29H21N5O.C26H17ClN4.C15H20BNO3/c1-2-25-31-24-17-22(16-23(26(24)35-25)21-14-9-15-30-18-21)29-33-27(19-10-5-3-6-11-19)32-28(34-29)20-12-7-4-8-13-20;27-23-14-13-20(16-22(23)21-12-7-15-28-17-21)26-30-24(18-8-3-1-4-9-18)29-25(31-26)19-10-5-2-6-11-19;1-6-13-17-11-9-10(7-8-12(11)18-13)16-19-14(2,3)15(4,5)20-16/h3-18H,2H2,1H3;1-17H;7-9H,6H2,1-5H3. The van der Waals surface area contributed by atoms with Crippen molar-refractivity contribution in [3.05, 3.63) is 236 Å². The molecule has 14 nitrogen and oxygen atoms in total. The summed E-state index contributed by atoms with van der Waals surface area (Å²) in [7, 11) is -0.355. The van der Waals surface area contributed by atoms with Crippen LogP contribution >= 0.6 is 11.6 Å². The van der Waals surface area contributed by atoms with E-state index in [1.165, 1.54) is 0 Å². The first-order chi connectivity index (χ1) is 41.9. The number of halogens is 1. The number of aromatic nitrogens is 10. The molecule has 0 aliphatic carbocycles. The maximum atomic E-state index is 6.49. The summed E-state index contributed by atoms with van der Waals surface area (Å²) >= 11 is 6.49. The zero-order valence-corrected chi connectivity index (χ0v) is 49.0. The van der Waals surface area contributed by atoms with Gasteiger partial charge in [-0.25, -0.2) is 39.9 Å². The summed E-state index contributed by atoms with van der Waals surface area (Å²) < 4.78 is 23.8. The Morgan fingerprint density at radius 1 is 0.384 bits per heavy atom. The van der Waals surface area contributed by atoms with E-state index in [9.17, 15) is 0 Å². The average molecular weight is 1150 g/mol. The molecule has 7 heterocycles. The van der Waals surface area contributed by atoms with E-state index < -0.39 is 0 Å². The lowest BCUT2D eigenvalue weighted by molar-refractivity contribution is 0.00578. The summed E-state index contributed by atoms with van der Waals surface area (Å²) in [6.07, 6.45) is 8.62. The van der Waals surface area contributed by atoms with Crippen LogP contribution in [-0.2, 0) is 22.2 Å². The lowest BCUT2D eigenvalue weighted by atomic mass is 9.79. The summed E-state index contributed by atoms with van der Waals surface area (Å²) in [6.45, 7) is 12.3. The third kappa shape index (κ3) is 12.3. The minimum Gasteiger partial charge on any atom is -0.441 e. The Bertz CT molecular complexity index is 4330. The number of nitrogens with zero attached hydrogens (tertiary/aromatic N) is 10. The summed E-state index contributed by atoms with van der Waals surface area (Å²) in [5.41, 5.74) is 12.6. The van der Waals surface area contributed by atoms with E-state index in [1.807, 2.05) is 214 Å². The van der Waals surface area contributed by atoms with Crippen LogP contribution in [0.2, 0.25) is 5.02 Å². The fourth-order valence-corrected chi connectivity index (χ4v) is 9.87. The normalized spacial score (nSPS) is 13.2. The van der Waals surface area contributed by atoms with Gasteiger partial charge < -0.3 is 18.1 Å². The van der Waals surface area contributed by atoms with Crippen molar-refractivity contribution in [2.75, 3.05) is 0 Å². The molecule has 0 saturated carbocycles. The predicted molar refractivity (Wildman–Crippen MR) is 340 cm³/mol. The highest BCUT2D eigenvalue weighted by molar-refractivity contribution is 6.62. The molecule has 1 aliphatic heterocycles. The summed E-state index contributed by atoms with van der Waals surface area (Å²) in [6, 6.07) is 63.3. The first-order valence-electron chi connectivity index (χ1n) is 28.4. The van der Waals surface area contributed by atoms with E-state index in [1.54, 1.807) is 18.6 Å². The van der Waals surface area contributed by atoms with Crippen molar-refractivity contribution in [1.82, 2.24) is 49.8 Å². The Hall–Kier alpha value is -9.93. The number of hydrogen-bond donors (Lipinski definition) is 0. The second-order valence-corrected chi connectivity index (χ2v) is 21.8. The van der Waals surface area contributed by atoms with Gasteiger partial charge >= 0.3 is 7.12 Å². The third-order valence-corrected chi connectivity index (χ3v) is 15.3. The van der Waals surface area contributed by atoms with Crippen molar-refractivity contribution in [3.63, 3.8) is 0 Å². The van der Waals surface area contributed by atoms with Crippen LogP contribution in [0.5, 0.6) is 0 Å². The highest BCUT2D eigenvalue weighted by atomic mass is 35.5. The topological polar surface area (TPSA) is 174 Å². The molecule has 7 aromatic carbocycles. The lowest BCUT2D eigenvalue weighted by Crippen LogP contribution is -2.41. The van der Waals surface area contributed by atoms with E-state index in [4.69, 9.17) is 64.6 Å². The molecule has 0 spiro atoms. The number of aryl methyl sites for hydroxylation is 2. The van der Waals surface area contributed by atoms with Crippen LogP contribution in [0.4, 0.5) is 0 Å². The average Bonchev–Trinajstić information content (AvgIpc) is 3.33. The Kier molecular flexibility index (Phi) is 16.3. The molecule has 0 unspecified atom stereocenters. The van der Waals surface area contributed by atoms with E-state index in [-0.39, 0.29) is 18.3 Å². The molecule has 16 heteroatoms. The van der Waals surface area contributed by atoms with Gasteiger partial charge in [-0.15, -0.1) is 0 Å². The van der Waals surface area contributed by atoms with Gasteiger partial charge in [0.1, 0.15) is 11.0 Å². The molecule has 1 saturated heterocycles. The largest absolute Gasteiger partial charge is 0.494 e. The molecule has 1 aliphatic rings. The molecular formula is C70H58BClN10O4. The van der Waals surface area contributed by atoms with Crippen molar-refractivity contribution in [1.29, 1.82) is 0 Å². The van der Waals surface area contributed by atoms with Gasteiger partial charge in [0.15, 0.2) is 57.9 Å². The van der Waals surface area contributed by atoms with Crippen LogP contribution in [0, 0.1) is 0 Å². The van der Waals surface area contributed by atoms with Crippen molar-refractivity contribution in [2.24, 2.45) is 0 Å². The zero-order chi connectivity index (χ0) is 59.2. The van der Waals surface area contributed by atoms with Gasteiger partial charge in [0, 0.05) is 98.3 Å². The molecule has 6 aromatic heterocycles. The van der Waals surface area contributed by atoms with Crippen molar-refractivity contribution < 1.29 is 18.1 Å². The van der Waals surface area contributed by atoms with Crippen molar-refractivity contribution >= 4 is 46.4 Å². The SMILES string of the molecule is CCc1nc2cc(-c3nc(-c4ccccc4)nc(-c4ccccc4)n3)cc(-c3cccnc3)c2o1.CCc1nc2cc(B3OC(C)(C)C(C)(C)O3)ccc2o1.Clc1ccc(-c2nc(-c3ccccc3)nc(-c3ccccc3)n2)cc1-c1cccnc1. The van der Waals surface area contributed by atoms with Crippen LogP contribution in [0.1, 0.15) is 53.3 Å². The number of hydrogen-bond acceptors (Lipinski definition) is 14. The maximum Gasteiger partial charge on any atom is 0.494 e. The zero-order valence-electron chi connectivity index (χ0n) is 48.3. The molecule has 0 atom stereocenters. The molecule has 0 bridgehead atoms. The van der Waals surface area contributed by atoms with Gasteiger partial charge in [-0.3, -0.25) is 9.97 Å². The third-order valence-electron chi connectivity index (χ3n) is 14.9. The molecular weight excluding hydrogens is 1090 g/mol. The molecule has 422 valence electrons. The van der Waals surface area contributed by atoms with E-state index in [0.717, 1.165) is 95.6 Å². The number of benzene rings is 7. The van der Waals surface area contributed by atoms with Gasteiger partial charge in [-0.1, -0.05) is 165 Å². The molecule has 86 heavy (non-hydrogen) atoms. The Morgan fingerprint density at radius 2 is 0.802 bits per heavy atom. The predicted octanol–water partition coefficient (Wildman–Crippen LogP) is 15.9. The van der Waals surface area contributed by atoms with Crippen LogP contribution in [0.3, 0.4) is 0 Å². The van der Waals surface area contributed by atoms with Gasteiger partial charge in [-0.2, -0.15) is 0 Å². The molecule has 0 amide bonds. The fourth-order valence-electron chi connectivity index (χ4n) is 9.65. The van der Waals surface area contributed by atoms with Gasteiger partial charge in [-0.05, 0) is 87.8 Å². The highest BCUT2D eigenvalue weighted by Gasteiger charge is 2.51. The van der Waals surface area contributed by atoms with Crippen LogP contribution in [0.25, 0.3) is 113 Å². The van der Waals surface area contributed by atoms with Crippen LogP contribution in [-0.4, -0.2) is 68.2 Å². The summed E-state index contributed by atoms with van der Waals surface area (Å²) in [4.78, 5) is 46.5. The highest BCUT2D eigenvalue weighted by Crippen LogP contribution is 2.38. The second-order valence-electron chi connectivity index (χ2n) is 21.4. The van der Waals surface area contributed by atoms with Gasteiger partial charge in [0.05, 0.1) is 11.2 Å². The fraction of sp³-hybridized carbons (Fsp3) is 0.143. The molecule has 0 N–H and O–H groups in total. The van der Waals surface area contributed by atoms with Crippen molar-refractivity contribution in [2.45, 2.75) is 65.6 Å². The number of oxazole rings is 2. The van der Waals surface area contributed by atoms with E-state index in [2.05, 4.69) is 42.6 Å². The molecule has 14 rings (SSSR count). The maximum absolute atomic E-state index is 6.49. The molecule has 0 radical (unpaired) electrons. The Morgan fingerprint density at radius 3 is 1.27 bits per heavy atom. The van der Waals surface area contributed by atoms with Gasteiger partial charge in [0.25, 0.3) is 0 Å². The quantitative estimate of drug-likeness (QED) is 0.112. The second kappa shape index (κ2) is 24.7. The lowest BCUT2D eigenvalue weighted by Gasteiger charge is -2.32. The summed E-state index contributed by atoms with van der Waals surface area (Å²) in [5.74, 6) is 5.10. The summed E-state index contributed by atoms with van der Waals surface area (Å²) in [5, 5.41) is 0.650. The van der Waals surface area contributed by atoms with E-state index >= 15 is 0 Å². The smallest absolute Gasteiger partial charge is 0.441 e. The number of rotatable bonds is 11. The Balaban J connectivity index is 0.000000131. The monoisotopic (exact) mass is 1150 g/mol. The molecule has 1 fully saturated rings.